The first-order chi connectivity index (χ1) is 13.6. The number of hydrogen-bond acceptors (Lipinski definition) is 3. The predicted octanol–water partition coefficient (Wildman–Crippen LogP) is 7.03. The summed E-state index contributed by atoms with van der Waals surface area (Å²) in [6.45, 7) is 1.92. The van der Waals surface area contributed by atoms with E-state index in [1.807, 2.05) is 24.3 Å². The summed E-state index contributed by atoms with van der Waals surface area (Å²) in [5.74, 6) is 1.25. The molecule has 1 aliphatic carbocycles. The number of fused-ring (bicyclic) bond motifs is 5. The maximum atomic E-state index is 15.0. The third kappa shape index (κ3) is 2.56. The minimum absolute atomic E-state index is 0.0369. The molecule has 6 rings (SSSR count). The minimum atomic E-state index is -0.210. The Morgan fingerprint density at radius 2 is 1.93 bits per heavy atom. The molecule has 28 heavy (non-hydrogen) atoms. The highest BCUT2D eigenvalue weighted by Crippen LogP contribution is 2.54. The molecule has 0 amide bonds. The number of nitrogens with zero attached hydrogens (tertiary/aromatic N) is 1. The van der Waals surface area contributed by atoms with E-state index in [9.17, 15) is 0 Å². The van der Waals surface area contributed by atoms with E-state index in [1.54, 1.807) is 6.07 Å². The summed E-state index contributed by atoms with van der Waals surface area (Å²) in [5, 5.41) is 0. The summed E-state index contributed by atoms with van der Waals surface area (Å²) >= 11 is 5.43. The van der Waals surface area contributed by atoms with Gasteiger partial charge in [-0.3, -0.25) is 0 Å². The Morgan fingerprint density at radius 3 is 2.75 bits per heavy atom. The topological polar surface area (TPSA) is 12.5 Å². The van der Waals surface area contributed by atoms with Crippen molar-refractivity contribution in [3.8, 4) is 5.75 Å². The van der Waals surface area contributed by atoms with Crippen molar-refractivity contribution in [3.05, 3.63) is 79.2 Å². The van der Waals surface area contributed by atoms with Crippen molar-refractivity contribution in [2.75, 3.05) is 4.90 Å². The van der Waals surface area contributed by atoms with Crippen molar-refractivity contribution < 1.29 is 9.13 Å². The van der Waals surface area contributed by atoms with Crippen LogP contribution in [-0.4, -0.2) is 0 Å². The van der Waals surface area contributed by atoms with Gasteiger partial charge in [-0.15, -0.1) is 11.3 Å². The first kappa shape index (κ1) is 17.0. The fraction of sp³-hybridized carbons (Fsp3) is 0.304. The van der Waals surface area contributed by atoms with Crippen LogP contribution in [0.3, 0.4) is 0 Å². The molecule has 2 nitrogen and oxygen atoms in total. The Hall–Kier alpha value is -1.85. The van der Waals surface area contributed by atoms with E-state index in [0.717, 1.165) is 28.1 Å². The van der Waals surface area contributed by atoms with E-state index in [0.29, 0.717) is 11.3 Å². The van der Waals surface area contributed by atoms with E-state index >= 15 is 4.39 Å². The number of thiophene rings is 1. The van der Waals surface area contributed by atoms with E-state index < -0.39 is 0 Å². The zero-order chi connectivity index (χ0) is 19.0. The molecular weight excluding hydrogens is 437 g/mol. The number of rotatable bonds is 2. The van der Waals surface area contributed by atoms with Crippen LogP contribution in [0.5, 0.6) is 5.75 Å². The highest BCUT2D eigenvalue weighted by atomic mass is 79.9. The number of aryl methyl sites for hydroxylation is 1. The summed E-state index contributed by atoms with van der Waals surface area (Å²) in [5.41, 5.74) is 3.96. The summed E-state index contributed by atoms with van der Waals surface area (Å²) in [6.07, 6.45) is 3.17. The van der Waals surface area contributed by atoms with Crippen LogP contribution in [-0.2, 0) is 6.42 Å². The van der Waals surface area contributed by atoms with Crippen LogP contribution in [0.15, 0.2) is 46.9 Å². The lowest BCUT2D eigenvalue weighted by Gasteiger charge is -2.40. The van der Waals surface area contributed by atoms with Gasteiger partial charge in [-0.25, -0.2) is 4.39 Å². The Balaban J connectivity index is 1.52. The van der Waals surface area contributed by atoms with Gasteiger partial charge in [-0.05, 0) is 85.7 Å². The van der Waals surface area contributed by atoms with Gasteiger partial charge in [-0.1, -0.05) is 15.9 Å². The molecule has 3 aromatic rings. The average Bonchev–Trinajstić information content (AvgIpc) is 3.26. The second-order valence-electron chi connectivity index (χ2n) is 8.04. The summed E-state index contributed by atoms with van der Waals surface area (Å²) in [4.78, 5) is 4.94. The van der Waals surface area contributed by atoms with Crippen LogP contribution >= 0.6 is 27.3 Å². The van der Waals surface area contributed by atoms with Gasteiger partial charge in [0.25, 0.3) is 0 Å². The second kappa shape index (κ2) is 6.07. The number of hydrogen-bond donors (Lipinski definition) is 0. The standard InChI is InChI=1S/C23H19BrFNOS/c1-12-8-16(25)22-18-11-14-10-15(24)4-5-17(14)26(18)23(27-19(22)9-12)21-7-6-20(28-21)13-2-3-13/h4-10,13,18,23H,2-3,11H2,1H3. The summed E-state index contributed by atoms with van der Waals surface area (Å²) < 4.78 is 22.5. The van der Waals surface area contributed by atoms with Crippen molar-refractivity contribution in [3.63, 3.8) is 0 Å². The maximum Gasteiger partial charge on any atom is 0.208 e. The molecule has 142 valence electrons. The fourth-order valence-corrected chi connectivity index (χ4v) is 6.20. The minimum Gasteiger partial charge on any atom is -0.465 e. The molecule has 2 aliphatic heterocycles. The molecule has 0 radical (unpaired) electrons. The largest absolute Gasteiger partial charge is 0.465 e. The molecule has 5 heteroatoms. The normalized spacial score (nSPS) is 22.5. The van der Waals surface area contributed by atoms with E-state index in [2.05, 4.69) is 51.2 Å². The Labute approximate surface area is 176 Å². The predicted molar refractivity (Wildman–Crippen MR) is 114 cm³/mol. The van der Waals surface area contributed by atoms with Gasteiger partial charge in [0.1, 0.15) is 11.6 Å². The van der Waals surface area contributed by atoms with Crippen LogP contribution in [0, 0.1) is 12.7 Å². The quantitative estimate of drug-likeness (QED) is 0.411. The van der Waals surface area contributed by atoms with Gasteiger partial charge in [0.05, 0.1) is 16.5 Å². The van der Waals surface area contributed by atoms with Crippen molar-refractivity contribution in [2.45, 2.75) is 44.4 Å². The summed E-state index contributed by atoms with van der Waals surface area (Å²) in [7, 11) is 0. The number of ether oxygens (including phenoxy) is 1. The number of halogens is 2. The monoisotopic (exact) mass is 455 g/mol. The molecule has 3 heterocycles. The van der Waals surface area contributed by atoms with Crippen LogP contribution < -0.4 is 9.64 Å². The van der Waals surface area contributed by atoms with Crippen LogP contribution in [0.4, 0.5) is 10.1 Å². The molecule has 1 saturated carbocycles. The van der Waals surface area contributed by atoms with Gasteiger partial charge >= 0.3 is 0 Å². The van der Waals surface area contributed by atoms with Gasteiger partial charge in [-0.2, -0.15) is 0 Å². The van der Waals surface area contributed by atoms with Crippen LogP contribution in [0.2, 0.25) is 0 Å². The molecule has 2 atom stereocenters. The lowest BCUT2D eigenvalue weighted by Crippen LogP contribution is -2.37. The Bertz CT molecular complexity index is 1110. The van der Waals surface area contributed by atoms with E-state index in [1.165, 1.54) is 28.2 Å². The Morgan fingerprint density at radius 1 is 1.11 bits per heavy atom. The van der Waals surface area contributed by atoms with E-state index in [4.69, 9.17) is 4.74 Å². The van der Waals surface area contributed by atoms with Gasteiger partial charge in [0.15, 0.2) is 0 Å². The third-order valence-corrected chi connectivity index (χ3v) is 7.77. The molecule has 0 spiro atoms. The highest BCUT2D eigenvalue weighted by Gasteiger charge is 2.44. The van der Waals surface area contributed by atoms with Crippen LogP contribution in [0.1, 0.15) is 57.5 Å². The second-order valence-corrected chi connectivity index (χ2v) is 10.1. The van der Waals surface area contributed by atoms with Gasteiger partial charge < -0.3 is 9.64 Å². The molecule has 1 aromatic heterocycles. The highest BCUT2D eigenvalue weighted by molar-refractivity contribution is 9.10. The lowest BCUT2D eigenvalue weighted by atomic mass is 9.97. The third-order valence-electron chi connectivity index (χ3n) is 6.00. The van der Waals surface area contributed by atoms with Crippen LogP contribution in [0.25, 0.3) is 0 Å². The zero-order valence-corrected chi connectivity index (χ0v) is 17.8. The molecular formula is C23H19BrFNOS. The molecule has 2 unspecified atom stereocenters. The van der Waals surface area contributed by atoms with Crippen molar-refractivity contribution >= 4 is 33.0 Å². The molecule has 2 aromatic carbocycles. The van der Waals surface area contributed by atoms with Crippen molar-refractivity contribution in [2.24, 2.45) is 0 Å². The molecule has 0 saturated heterocycles. The zero-order valence-electron chi connectivity index (χ0n) is 15.4. The maximum absolute atomic E-state index is 15.0. The van der Waals surface area contributed by atoms with Gasteiger partial charge in [0.2, 0.25) is 6.23 Å². The number of benzene rings is 2. The van der Waals surface area contributed by atoms with Crippen molar-refractivity contribution in [1.82, 2.24) is 0 Å². The molecule has 1 fully saturated rings. The summed E-state index contributed by atoms with van der Waals surface area (Å²) in [6, 6.07) is 14.4. The van der Waals surface area contributed by atoms with E-state index in [-0.39, 0.29) is 18.1 Å². The lowest BCUT2D eigenvalue weighted by molar-refractivity contribution is 0.168. The molecule has 0 bridgehead atoms. The molecule has 3 aliphatic rings. The Kier molecular flexibility index (Phi) is 3.70. The fourth-order valence-electron chi connectivity index (χ4n) is 4.58. The first-order valence-corrected chi connectivity index (χ1v) is 11.3. The first-order valence-electron chi connectivity index (χ1n) is 9.71. The number of anilines is 1. The molecule has 0 N–H and O–H groups in total. The van der Waals surface area contributed by atoms with Crippen molar-refractivity contribution in [1.29, 1.82) is 0 Å². The smallest absolute Gasteiger partial charge is 0.208 e. The van der Waals surface area contributed by atoms with Gasteiger partial charge in [0, 0.05) is 15.0 Å². The average molecular weight is 456 g/mol. The SMILES string of the molecule is Cc1cc(F)c2c(c1)OC(c1ccc(C3CC3)s1)N1c3ccc(Br)cc3CC21.